The molecular formula is C17H20N2O6S. The van der Waals surface area contributed by atoms with E-state index in [-0.39, 0.29) is 21.9 Å². The van der Waals surface area contributed by atoms with Crippen LogP contribution in [0.3, 0.4) is 0 Å². The van der Waals surface area contributed by atoms with Crippen LogP contribution in [0.15, 0.2) is 33.8 Å². The lowest BCUT2D eigenvalue weighted by Crippen LogP contribution is -2.23. The predicted octanol–water partition coefficient (Wildman–Crippen LogP) is 2.03. The van der Waals surface area contributed by atoms with Crippen molar-refractivity contribution in [3.05, 3.63) is 46.9 Å². The number of carbonyl (C=O) groups is 2. The van der Waals surface area contributed by atoms with Crippen LogP contribution in [0.25, 0.3) is 0 Å². The summed E-state index contributed by atoms with van der Waals surface area (Å²) in [6.45, 7) is 3.29. The molecule has 1 amide bonds. The van der Waals surface area contributed by atoms with Gasteiger partial charge in [-0.25, -0.2) is 12.7 Å². The number of aryl methyl sites for hydroxylation is 2. The molecule has 0 radical (unpaired) electrons. The Kier molecular flexibility index (Phi) is 5.53. The van der Waals surface area contributed by atoms with Gasteiger partial charge in [-0.3, -0.25) is 9.59 Å². The molecule has 2 aromatic rings. The Bertz CT molecular complexity index is 960. The molecule has 0 aliphatic rings. The lowest BCUT2D eigenvalue weighted by atomic mass is 10.1. The molecule has 1 aromatic heterocycles. The Morgan fingerprint density at radius 3 is 2.42 bits per heavy atom. The average molecular weight is 380 g/mol. The van der Waals surface area contributed by atoms with E-state index in [9.17, 15) is 18.0 Å². The topological polar surface area (TPSA) is 117 Å². The number of hydrogen-bond donors (Lipinski definition) is 2. The van der Waals surface area contributed by atoms with Crippen molar-refractivity contribution < 1.29 is 27.5 Å². The molecule has 2 N–H and O–H groups in total. The number of carboxylic acid groups (broad SMARTS) is 1. The van der Waals surface area contributed by atoms with E-state index >= 15 is 0 Å². The normalized spacial score (nSPS) is 11.6. The van der Waals surface area contributed by atoms with Crippen LogP contribution in [0.1, 0.15) is 27.2 Å². The van der Waals surface area contributed by atoms with E-state index in [1.165, 1.54) is 26.4 Å². The number of benzene rings is 1. The zero-order valence-electron chi connectivity index (χ0n) is 14.9. The maximum absolute atomic E-state index is 12.6. The average Bonchev–Trinajstić information content (AvgIpc) is 2.88. The number of nitrogens with one attached hydrogen (secondary N) is 1. The van der Waals surface area contributed by atoms with Gasteiger partial charge in [-0.15, -0.1) is 0 Å². The van der Waals surface area contributed by atoms with Gasteiger partial charge in [-0.1, -0.05) is 6.07 Å². The van der Waals surface area contributed by atoms with Gasteiger partial charge in [0.25, 0.3) is 5.91 Å². The number of furan rings is 1. The quantitative estimate of drug-likeness (QED) is 0.792. The van der Waals surface area contributed by atoms with E-state index in [1.54, 1.807) is 26.0 Å². The van der Waals surface area contributed by atoms with Gasteiger partial charge in [0, 0.05) is 25.3 Å². The Morgan fingerprint density at radius 1 is 1.19 bits per heavy atom. The molecule has 0 saturated carbocycles. The molecule has 0 spiro atoms. The summed E-state index contributed by atoms with van der Waals surface area (Å²) < 4.78 is 31.0. The van der Waals surface area contributed by atoms with E-state index in [1.807, 2.05) is 0 Å². The number of carbonyl (C=O) groups excluding carboxylic acids is 1. The first-order valence-electron chi connectivity index (χ1n) is 7.67. The van der Waals surface area contributed by atoms with Crippen molar-refractivity contribution in [2.45, 2.75) is 25.2 Å². The van der Waals surface area contributed by atoms with E-state index in [4.69, 9.17) is 9.52 Å². The van der Waals surface area contributed by atoms with Crippen LogP contribution < -0.4 is 5.32 Å². The van der Waals surface area contributed by atoms with Crippen molar-refractivity contribution in [2.75, 3.05) is 19.4 Å². The fourth-order valence-electron chi connectivity index (χ4n) is 2.42. The summed E-state index contributed by atoms with van der Waals surface area (Å²) in [7, 11) is -0.819. The molecule has 140 valence electrons. The van der Waals surface area contributed by atoms with E-state index in [2.05, 4.69) is 5.32 Å². The second kappa shape index (κ2) is 7.30. The fourth-order valence-corrected chi connectivity index (χ4v) is 3.56. The minimum absolute atomic E-state index is 0.0424. The van der Waals surface area contributed by atoms with Gasteiger partial charge in [-0.05, 0) is 31.5 Å². The number of aliphatic carboxylic acids is 1. The molecule has 0 saturated heterocycles. The Hall–Kier alpha value is -2.65. The number of hydrogen-bond acceptors (Lipinski definition) is 5. The Labute approximate surface area is 151 Å². The minimum atomic E-state index is -3.67. The third-order valence-corrected chi connectivity index (χ3v) is 5.75. The van der Waals surface area contributed by atoms with Gasteiger partial charge >= 0.3 is 5.97 Å². The summed E-state index contributed by atoms with van der Waals surface area (Å²) in [5.41, 5.74) is 1.45. The predicted molar refractivity (Wildman–Crippen MR) is 94.8 cm³/mol. The number of carboxylic acids is 1. The third kappa shape index (κ3) is 3.94. The zero-order valence-corrected chi connectivity index (χ0v) is 15.7. The monoisotopic (exact) mass is 380 g/mol. The maximum atomic E-state index is 12.6. The SMILES string of the molecule is Cc1ccc(NC(=O)c2c(C)coc2CC(=O)O)cc1S(=O)(=O)N(C)C. The molecule has 0 unspecified atom stereocenters. The molecule has 1 aromatic carbocycles. The second-order valence-corrected chi connectivity index (χ2v) is 8.13. The van der Waals surface area contributed by atoms with Gasteiger partial charge in [0.2, 0.25) is 10.0 Å². The number of amides is 1. The van der Waals surface area contributed by atoms with Crippen LogP contribution >= 0.6 is 0 Å². The van der Waals surface area contributed by atoms with Gasteiger partial charge in [0.15, 0.2) is 0 Å². The molecule has 1 heterocycles. The fraction of sp³-hybridized carbons (Fsp3) is 0.294. The molecule has 0 bridgehead atoms. The number of rotatable bonds is 6. The lowest BCUT2D eigenvalue weighted by Gasteiger charge is -2.15. The highest BCUT2D eigenvalue weighted by Gasteiger charge is 2.23. The van der Waals surface area contributed by atoms with Gasteiger partial charge in [0.05, 0.1) is 16.7 Å². The first-order valence-corrected chi connectivity index (χ1v) is 9.11. The van der Waals surface area contributed by atoms with Gasteiger partial charge in [0.1, 0.15) is 12.2 Å². The second-order valence-electron chi connectivity index (χ2n) is 6.01. The molecule has 0 aliphatic carbocycles. The number of anilines is 1. The van der Waals surface area contributed by atoms with Crippen molar-refractivity contribution in [1.82, 2.24) is 4.31 Å². The minimum Gasteiger partial charge on any atom is -0.481 e. The van der Waals surface area contributed by atoms with Crippen LogP contribution in [0.2, 0.25) is 0 Å². The summed E-state index contributed by atoms with van der Waals surface area (Å²) in [5, 5.41) is 11.5. The molecule has 9 heteroatoms. The van der Waals surface area contributed by atoms with Crippen LogP contribution in [0.5, 0.6) is 0 Å². The molecule has 0 atom stereocenters. The molecule has 0 aliphatic heterocycles. The molecule has 8 nitrogen and oxygen atoms in total. The van der Waals surface area contributed by atoms with E-state index in [0.29, 0.717) is 11.1 Å². The summed E-state index contributed by atoms with van der Waals surface area (Å²) in [5.74, 6) is -1.64. The lowest BCUT2D eigenvalue weighted by molar-refractivity contribution is -0.136. The highest BCUT2D eigenvalue weighted by atomic mass is 32.2. The summed E-state index contributed by atoms with van der Waals surface area (Å²) in [6.07, 6.45) is 0.884. The highest BCUT2D eigenvalue weighted by Crippen LogP contribution is 2.24. The van der Waals surface area contributed by atoms with Crippen molar-refractivity contribution in [3.63, 3.8) is 0 Å². The first-order chi connectivity index (χ1) is 12.0. The molecule has 26 heavy (non-hydrogen) atoms. The van der Waals surface area contributed by atoms with Crippen LogP contribution in [0.4, 0.5) is 5.69 Å². The number of nitrogens with zero attached hydrogens (tertiary/aromatic N) is 1. The smallest absolute Gasteiger partial charge is 0.311 e. The van der Waals surface area contributed by atoms with Crippen molar-refractivity contribution >= 4 is 27.6 Å². The number of sulfonamides is 1. The van der Waals surface area contributed by atoms with Gasteiger partial charge in [-0.2, -0.15) is 0 Å². The van der Waals surface area contributed by atoms with Crippen LogP contribution in [-0.2, 0) is 21.2 Å². The largest absolute Gasteiger partial charge is 0.481 e. The Morgan fingerprint density at radius 2 is 1.85 bits per heavy atom. The van der Waals surface area contributed by atoms with Crippen molar-refractivity contribution in [1.29, 1.82) is 0 Å². The molecule has 0 fully saturated rings. The van der Waals surface area contributed by atoms with E-state index in [0.717, 1.165) is 4.31 Å². The van der Waals surface area contributed by atoms with Crippen LogP contribution in [-0.4, -0.2) is 43.8 Å². The third-order valence-electron chi connectivity index (χ3n) is 3.79. The zero-order chi connectivity index (χ0) is 19.6. The first kappa shape index (κ1) is 19.7. The maximum Gasteiger partial charge on any atom is 0.311 e. The van der Waals surface area contributed by atoms with E-state index < -0.39 is 28.3 Å². The summed E-state index contributed by atoms with van der Waals surface area (Å²) >= 11 is 0. The molecule has 2 rings (SSSR count). The van der Waals surface area contributed by atoms with Gasteiger partial charge < -0.3 is 14.8 Å². The highest BCUT2D eigenvalue weighted by molar-refractivity contribution is 7.89. The van der Waals surface area contributed by atoms with Crippen molar-refractivity contribution in [2.24, 2.45) is 0 Å². The molecular weight excluding hydrogens is 360 g/mol. The summed E-state index contributed by atoms with van der Waals surface area (Å²) in [6, 6.07) is 4.54. The standard InChI is InChI=1S/C17H20N2O6S/c1-10-5-6-12(7-14(10)26(23,24)19(3)4)18-17(22)16-11(2)9-25-13(16)8-15(20)21/h5-7,9H,8H2,1-4H3,(H,18,22)(H,20,21). The summed E-state index contributed by atoms with van der Waals surface area (Å²) in [4.78, 5) is 23.5. The van der Waals surface area contributed by atoms with Crippen LogP contribution in [0, 0.1) is 13.8 Å². The van der Waals surface area contributed by atoms with Crippen molar-refractivity contribution in [3.8, 4) is 0 Å². The Balaban J connectivity index is 2.37.